The first-order valence-corrected chi connectivity index (χ1v) is 7.53. The lowest BCUT2D eigenvalue weighted by molar-refractivity contribution is 0.414. The maximum absolute atomic E-state index is 6.63. The van der Waals surface area contributed by atoms with Gasteiger partial charge in [-0.3, -0.25) is 0 Å². The predicted octanol–water partition coefficient (Wildman–Crippen LogP) is 5.15. The maximum Gasteiger partial charge on any atom is 0.119 e. The van der Waals surface area contributed by atoms with E-state index in [-0.39, 0.29) is 5.38 Å². The van der Waals surface area contributed by atoms with Crippen LogP contribution in [0.15, 0.2) is 42.5 Å². The van der Waals surface area contributed by atoms with Crippen LogP contribution in [0.25, 0.3) is 0 Å². The first kappa shape index (κ1) is 14.9. The largest absolute Gasteiger partial charge is 0.497 e. The molecule has 2 aromatic carbocycles. The van der Waals surface area contributed by atoms with Crippen molar-refractivity contribution in [1.29, 1.82) is 0 Å². The molecule has 0 bridgehead atoms. The zero-order chi connectivity index (χ0) is 14.5. The van der Waals surface area contributed by atoms with Gasteiger partial charge >= 0.3 is 0 Å². The van der Waals surface area contributed by atoms with Crippen LogP contribution in [-0.4, -0.2) is 7.11 Å². The Morgan fingerprint density at radius 1 is 0.950 bits per heavy atom. The molecular formula is C18H21ClO. The molecule has 2 aromatic rings. The van der Waals surface area contributed by atoms with Crippen molar-refractivity contribution in [1.82, 2.24) is 0 Å². The molecule has 0 aliphatic heterocycles. The molecule has 1 atom stereocenters. The molecule has 0 spiro atoms. The van der Waals surface area contributed by atoms with Crippen LogP contribution in [0.3, 0.4) is 0 Å². The van der Waals surface area contributed by atoms with Crippen molar-refractivity contribution in [2.45, 2.75) is 32.1 Å². The summed E-state index contributed by atoms with van der Waals surface area (Å²) in [6, 6.07) is 14.5. The van der Waals surface area contributed by atoms with Crippen LogP contribution in [0, 0.1) is 0 Å². The van der Waals surface area contributed by atoms with E-state index in [4.69, 9.17) is 16.3 Å². The van der Waals surface area contributed by atoms with Crippen molar-refractivity contribution >= 4 is 11.6 Å². The summed E-state index contributed by atoms with van der Waals surface area (Å²) in [4.78, 5) is 0. The molecule has 1 unspecified atom stereocenters. The van der Waals surface area contributed by atoms with Gasteiger partial charge in [0.15, 0.2) is 0 Å². The molecule has 0 saturated carbocycles. The number of rotatable bonds is 5. The normalized spacial score (nSPS) is 12.2. The Kier molecular flexibility index (Phi) is 5.08. The van der Waals surface area contributed by atoms with E-state index < -0.39 is 0 Å². The number of hydrogen-bond donors (Lipinski definition) is 0. The summed E-state index contributed by atoms with van der Waals surface area (Å²) in [6.07, 6.45) is 2.11. The molecule has 0 aromatic heterocycles. The predicted molar refractivity (Wildman–Crippen MR) is 85.9 cm³/mol. The van der Waals surface area contributed by atoms with Crippen molar-refractivity contribution < 1.29 is 4.74 Å². The number of hydrogen-bond acceptors (Lipinski definition) is 1. The van der Waals surface area contributed by atoms with Crippen LogP contribution in [0.5, 0.6) is 5.75 Å². The number of alkyl halides is 1. The first-order chi connectivity index (χ1) is 9.69. The highest BCUT2D eigenvalue weighted by molar-refractivity contribution is 6.22. The van der Waals surface area contributed by atoms with Gasteiger partial charge in [0.1, 0.15) is 5.75 Å². The zero-order valence-electron chi connectivity index (χ0n) is 12.3. The Labute approximate surface area is 126 Å². The third-order valence-electron chi connectivity index (χ3n) is 3.67. The lowest BCUT2D eigenvalue weighted by Crippen LogP contribution is -1.98. The Balaban J connectivity index is 2.34. The fourth-order valence-electron chi connectivity index (χ4n) is 2.47. The minimum Gasteiger partial charge on any atom is -0.497 e. The van der Waals surface area contributed by atoms with Gasteiger partial charge in [-0.25, -0.2) is 0 Å². The van der Waals surface area contributed by atoms with Crippen LogP contribution in [0.1, 0.15) is 41.5 Å². The van der Waals surface area contributed by atoms with E-state index in [0.717, 1.165) is 29.7 Å². The van der Waals surface area contributed by atoms with Crippen molar-refractivity contribution in [3.63, 3.8) is 0 Å². The molecule has 0 aliphatic rings. The molecule has 0 amide bonds. The summed E-state index contributed by atoms with van der Waals surface area (Å²) < 4.78 is 5.26. The fraction of sp³-hybridized carbons (Fsp3) is 0.333. The van der Waals surface area contributed by atoms with Crippen molar-refractivity contribution in [2.75, 3.05) is 7.11 Å². The summed E-state index contributed by atoms with van der Waals surface area (Å²) in [5, 5.41) is -0.138. The molecule has 20 heavy (non-hydrogen) atoms. The van der Waals surface area contributed by atoms with Gasteiger partial charge < -0.3 is 4.74 Å². The van der Waals surface area contributed by atoms with Gasteiger partial charge in [-0.05, 0) is 47.2 Å². The van der Waals surface area contributed by atoms with E-state index in [1.807, 2.05) is 24.3 Å². The molecule has 0 heterocycles. The number of benzene rings is 2. The number of halogens is 1. The summed E-state index contributed by atoms with van der Waals surface area (Å²) in [5.41, 5.74) is 5.01. The number of methoxy groups -OCH3 is 1. The topological polar surface area (TPSA) is 9.23 Å². The van der Waals surface area contributed by atoms with Gasteiger partial charge in [0.2, 0.25) is 0 Å². The SMILES string of the molecule is CCc1ccc(C(Cl)c2cccc(OC)c2)cc1CC. The molecule has 0 fully saturated rings. The molecule has 0 saturated heterocycles. The van der Waals surface area contributed by atoms with Gasteiger partial charge in [-0.15, -0.1) is 11.6 Å². The average molecular weight is 289 g/mol. The van der Waals surface area contributed by atoms with E-state index in [2.05, 4.69) is 32.0 Å². The molecule has 106 valence electrons. The highest BCUT2D eigenvalue weighted by Crippen LogP contribution is 2.32. The summed E-state index contributed by atoms with van der Waals surface area (Å²) >= 11 is 6.63. The van der Waals surface area contributed by atoms with Gasteiger partial charge in [0.25, 0.3) is 0 Å². The van der Waals surface area contributed by atoms with E-state index in [1.54, 1.807) is 7.11 Å². The molecule has 1 nitrogen and oxygen atoms in total. The summed E-state index contributed by atoms with van der Waals surface area (Å²) in [7, 11) is 1.67. The monoisotopic (exact) mass is 288 g/mol. The van der Waals surface area contributed by atoms with Crippen LogP contribution < -0.4 is 4.74 Å². The smallest absolute Gasteiger partial charge is 0.119 e. The minimum absolute atomic E-state index is 0.138. The first-order valence-electron chi connectivity index (χ1n) is 7.09. The third-order valence-corrected chi connectivity index (χ3v) is 4.18. The van der Waals surface area contributed by atoms with Crippen LogP contribution in [-0.2, 0) is 12.8 Å². The van der Waals surface area contributed by atoms with E-state index in [9.17, 15) is 0 Å². The van der Waals surface area contributed by atoms with E-state index >= 15 is 0 Å². The molecule has 2 heteroatoms. The summed E-state index contributed by atoms with van der Waals surface area (Å²) in [6.45, 7) is 4.38. The van der Waals surface area contributed by atoms with Gasteiger partial charge in [-0.1, -0.05) is 44.2 Å². The Hall–Kier alpha value is -1.47. The van der Waals surface area contributed by atoms with E-state index in [1.165, 1.54) is 11.1 Å². The second kappa shape index (κ2) is 6.81. The van der Waals surface area contributed by atoms with Gasteiger partial charge in [0.05, 0.1) is 12.5 Å². The second-order valence-electron chi connectivity index (χ2n) is 4.87. The average Bonchev–Trinajstić information content (AvgIpc) is 2.53. The van der Waals surface area contributed by atoms with Gasteiger partial charge in [0, 0.05) is 0 Å². The molecule has 2 rings (SSSR count). The standard InChI is InChI=1S/C18H21ClO/c1-4-13-9-10-16(11-14(13)5-2)18(19)15-7-6-8-17(12-15)20-3/h6-12,18H,4-5H2,1-3H3. The Morgan fingerprint density at radius 3 is 2.30 bits per heavy atom. The van der Waals surface area contributed by atoms with Crippen LogP contribution >= 0.6 is 11.6 Å². The van der Waals surface area contributed by atoms with Gasteiger partial charge in [-0.2, -0.15) is 0 Å². The van der Waals surface area contributed by atoms with Crippen LogP contribution in [0.4, 0.5) is 0 Å². The van der Waals surface area contributed by atoms with Crippen LogP contribution in [0.2, 0.25) is 0 Å². The van der Waals surface area contributed by atoms with Crippen molar-refractivity contribution in [2.24, 2.45) is 0 Å². The molecule has 0 aliphatic carbocycles. The van der Waals surface area contributed by atoms with E-state index in [0.29, 0.717) is 0 Å². The second-order valence-corrected chi connectivity index (χ2v) is 5.31. The zero-order valence-corrected chi connectivity index (χ0v) is 13.1. The maximum atomic E-state index is 6.63. The lowest BCUT2D eigenvalue weighted by atomic mass is 9.96. The third kappa shape index (κ3) is 3.16. The highest BCUT2D eigenvalue weighted by atomic mass is 35.5. The highest BCUT2D eigenvalue weighted by Gasteiger charge is 2.13. The fourth-order valence-corrected chi connectivity index (χ4v) is 2.74. The van der Waals surface area contributed by atoms with Crippen molar-refractivity contribution in [3.8, 4) is 5.75 Å². The summed E-state index contributed by atoms with van der Waals surface area (Å²) in [5.74, 6) is 0.842. The van der Waals surface area contributed by atoms with Crippen molar-refractivity contribution in [3.05, 3.63) is 64.7 Å². The molecule has 0 radical (unpaired) electrons. The molecule has 0 N–H and O–H groups in total. The number of aryl methyl sites for hydroxylation is 2. The Bertz CT molecular complexity index is 577. The Morgan fingerprint density at radius 2 is 1.65 bits per heavy atom. The number of ether oxygens (including phenoxy) is 1. The minimum atomic E-state index is -0.138. The molecular weight excluding hydrogens is 268 g/mol. The lowest BCUT2D eigenvalue weighted by Gasteiger charge is -2.14. The quantitative estimate of drug-likeness (QED) is 0.692.